The SMILES string of the molecule is CONc1ccc(F)c(C#N)c1. The van der Waals surface area contributed by atoms with Gasteiger partial charge < -0.3 is 0 Å². The third kappa shape index (κ3) is 1.71. The van der Waals surface area contributed by atoms with Crippen molar-refractivity contribution >= 4 is 5.69 Å². The molecule has 62 valence electrons. The number of nitriles is 1. The average molecular weight is 166 g/mol. The lowest BCUT2D eigenvalue weighted by Crippen LogP contribution is -1.96. The highest BCUT2D eigenvalue weighted by atomic mass is 19.1. The molecule has 0 spiro atoms. The number of halogens is 1. The predicted octanol–water partition coefficient (Wildman–Crippen LogP) is 1.67. The Balaban J connectivity index is 2.99. The van der Waals surface area contributed by atoms with E-state index in [9.17, 15) is 4.39 Å². The number of nitrogens with one attached hydrogen (secondary N) is 1. The summed E-state index contributed by atoms with van der Waals surface area (Å²) in [7, 11) is 1.44. The van der Waals surface area contributed by atoms with Crippen molar-refractivity contribution in [2.75, 3.05) is 12.6 Å². The third-order valence-electron chi connectivity index (χ3n) is 1.31. The van der Waals surface area contributed by atoms with Gasteiger partial charge in [0.05, 0.1) is 18.4 Å². The van der Waals surface area contributed by atoms with Gasteiger partial charge in [0, 0.05) is 0 Å². The van der Waals surface area contributed by atoms with E-state index >= 15 is 0 Å². The van der Waals surface area contributed by atoms with Gasteiger partial charge in [-0.15, -0.1) is 0 Å². The van der Waals surface area contributed by atoms with E-state index in [1.165, 1.54) is 25.3 Å². The molecule has 0 aliphatic carbocycles. The van der Waals surface area contributed by atoms with Gasteiger partial charge in [-0.1, -0.05) is 0 Å². The Labute approximate surface area is 69.3 Å². The molecule has 0 bridgehead atoms. The Morgan fingerprint density at radius 2 is 2.33 bits per heavy atom. The van der Waals surface area contributed by atoms with Crippen molar-refractivity contribution in [3.8, 4) is 6.07 Å². The highest BCUT2D eigenvalue weighted by molar-refractivity contribution is 5.48. The van der Waals surface area contributed by atoms with Crippen LogP contribution in [0.3, 0.4) is 0 Å². The molecule has 4 heteroatoms. The van der Waals surface area contributed by atoms with Gasteiger partial charge in [-0.25, -0.2) is 4.39 Å². The second kappa shape index (κ2) is 3.69. The smallest absolute Gasteiger partial charge is 0.141 e. The number of anilines is 1. The molecule has 0 unspecified atom stereocenters. The minimum atomic E-state index is -0.529. The average Bonchev–Trinajstić information content (AvgIpc) is 2.09. The first-order valence-corrected chi connectivity index (χ1v) is 3.26. The monoisotopic (exact) mass is 166 g/mol. The largest absolute Gasteiger partial charge is 0.279 e. The van der Waals surface area contributed by atoms with E-state index in [2.05, 4.69) is 10.3 Å². The van der Waals surface area contributed by atoms with E-state index < -0.39 is 5.82 Å². The first-order valence-electron chi connectivity index (χ1n) is 3.26. The second-order valence-electron chi connectivity index (χ2n) is 2.11. The molecule has 0 aromatic heterocycles. The van der Waals surface area contributed by atoms with Gasteiger partial charge in [-0.3, -0.25) is 10.3 Å². The molecule has 0 aliphatic rings. The van der Waals surface area contributed by atoms with Crippen molar-refractivity contribution in [1.29, 1.82) is 5.26 Å². The highest BCUT2D eigenvalue weighted by Gasteiger charge is 2.01. The van der Waals surface area contributed by atoms with E-state index in [1.807, 2.05) is 0 Å². The Morgan fingerprint density at radius 1 is 1.58 bits per heavy atom. The molecule has 0 atom stereocenters. The van der Waals surface area contributed by atoms with Crippen molar-refractivity contribution < 1.29 is 9.23 Å². The number of nitrogens with zero attached hydrogens (tertiary/aromatic N) is 1. The number of benzene rings is 1. The van der Waals surface area contributed by atoms with E-state index in [4.69, 9.17) is 5.26 Å². The van der Waals surface area contributed by atoms with Crippen LogP contribution < -0.4 is 5.48 Å². The van der Waals surface area contributed by atoms with Crippen LogP contribution in [0.4, 0.5) is 10.1 Å². The molecule has 1 aromatic carbocycles. The molecule has 0 fully saturated rings. The van der Waals surface area contributed by atoms with Crippen LogP contribution in [-0.2, 0) is 4.84 Å². The lowest BCUT2D eigenvalue weighted by Gasteiger charge is -2.02. The summed E-state index contributed by atoms with van der Waals surface area (Å²) in [5.74, 6) is -0.529. The summed E-state index contributed by atoms with van der Waals surface area (Å²) in [4.78, 5) is 4.59. The summed E-state index contributed by atoms with van der Waals surface area (Å²) in [6, 6.07) is 5.79. The molecule has 1 aromatic rings. The predicted molar refractivity (Wildman–Crippen MR) is 41.7 cm³/mol. The number of hydrogen-bond acceptors (Lipinski definition) is 3. The Morgan fingerprint density at radius 3 is 2.92 bits per heavy atom. The van der Waals surface area contributed by atoms with Gasteiger partial charge in [0.2, 0.25) is 0 Å². The molecule has 1 rings (SSSR count). The minimum absolute atomic E-state index is 0.00273. The van der Waals surface area contributed by atoms with Crippen LogP contribution in [0.5, 0.6) is 0 Å². The van der Waals surface area contributed by atoms with Crippen molar-refractivity contribution in [3.63, 3.8) is 0 Å². The molecule has 12 heavy (non-hydrogen) atoms. The van der Waals surface area contributed by atoms with Crippen LogP contribution in [0.1, 0.15) is 5.56 Å². The van der Waals surface area contributed by atoms with Gasteiger partial charge in [0.1, 0.15) is 11.9 Å². The summed E-state index contributed by atoms with van der Waals surface area (Å²) in [6.07, 6.45) is 0. The summed E-state index contributed by atoms with van der Waals surface area (Å²) < 4.78 is 12.7. The maximum absolute atomic E-state index is 12.7. The summed E-state index contributed by atoms with van der Waals surface area (Å²) in [5, 5.41) is 8.45. The third-order valence-corrected chi connectivity index (χ3v) is 1.31. The van der Waals surface area contributed by atoms with Crippen LogP contribution in [0.2, 0.25) is 0 Å². The maximum Gasteiger partial charge on any atom is 0.141 e. The van der Waals surface area contributed by atoms with Crippen LogP contribution in [-0.4, -0.2) is 7.11 Å². The minimum Gasteiger partial charge on any atom is -0.279 e. The lowest BCUT2D eigenvalue weighted by atomic mass is 10.2. The maximum atomic E-state index is 12.7. The van der Waals surface area contributed by atoms with E-state index in [-0.39, 0.29) is 5.56 Å². The zero-order chi connectivity index (χ0) is 8.97. The fourth-order valence-corrected chi connectivity index (χ4v) is 0.792. The fourth-order valence-electron chi connectivity index (χ4n) is 0.792. The molecule has 1 N–H and O–H groups in total. The van der Waals surface area contributed by atoms with Gasteiger partial charge in [0.15, 0.2) is 0 Å². The summed E-state index contributed by atoms with van der Waals surface area (Å²) >= 11 is 0. The topological polar surface area (TPSA) is 45.0 Å². The molecular formula is C8H7FN2O. The first kappa shape index (κ1) is 8.50. The van der Waals surface area contributed by atoms with Gasteiger partial charge >= 0.3 is 0 Å². The normalized spacial score (nSPS) is 9.08. The van der Waals surface area contributed by atoms with Crippen molar-refractivity contribution in [3.05, 3.63) is 29.6 Å². The molecule has 0 heterocycles. The first-order chi connectivity index (χ1) is 5.77. The van der Waals surface area contributed by atoms with E-state index in [0.29, 0.717) is 5.69 Å². The summed E-state index contributed by atoms with van der Waals surface area (Å²) in [6.45, 7) is 0. The Hall–Kier alpha value is -1.60. The van der Waals surface area contributed by atoms with Gasteiger partial charge in [-0.05, 0) is 18.2 Å². The zero-order valence-corrected chi connectivity index (χ0v) is 6.47. The quantitative estimate of drug-likeness (QED) is 0.679. The second-order valence-corrected chi connectivity index (χ2v) is 2.11. The fraction of sp³-hybridized carbons (Fsp3) is 0.125. The molecule has 0 radical (unpaired) electrons. The summed E-state index contributed by atoms with van der Waals surface area (Å²) in [5.41, 5.74) is 3.04. The molecule has 0 amide bonds. The highest BCUT2D eigenvalue weighted by Crippen LogP contribution is 2.13. The molecule has 3 nitrogen and oxygen atoms in total. The van der Waals surface area contributed by atoms with Crippen molar-refractivity contribution in [1.82, 2.24) is 0 Å². The van der Waals surface area contributed by atoms with E-state index in [0.717, 1.165) is 0 Å². The van der Waals surface area contributed by atoms with Crippen molar-refractivity contribution in [2.24, 2.45) is 0 Å². The number of hydrogen-bond donors (Lipinski definition) is 1. The van der Waals surface area contributed by atoms with E-state index in [1.54, 1.807) is 6.07 Å². The van der Waals surface area contributed by atoms with Gasteiger partial charge in [-0.2, -0.15) is 5.26 Å². The Bertz CT molecular complexity index is 319. The van der Waals surface area contributed by atoms with Crippen LogP contribution in [0.25, 0.3) is 0 Å². The van der Waals surface area contributed by atoms with Crippen LogP contribution in [0, 0.1) is 17.1 Å². The molecule has 0 saturated heterocycles. The van der Waals surface area contributed by atoms with Crippen LogP contribution in [0.15, 0.2) is 18.2 Å². The molecule has 0 aliphatic heterocycles. The molecule has 0 saturated carbocycles. The zero-order valence-electron chi connectivity index (χ0n) is 6.47. The van der Waals surface area contributed by atoms with Crippen molar-refractivity contribution in [2.45, 2.75) is 0 Å². The Kier molecular flexibility index (Phi) is 2.62. The van der Waals surface area contributed by atoms with Crippen LogP contribution >= 0.6 is 0 Å². The number of rotatable bonds is 2. The lowest BCUT2D eigenvalue weighted by molar-refractivity contribution is 0.271. The molecular weight excluding hydrogens is 159 g/mol. The standard InChI is InChI=1S/C8H7FN2O/c1-12-11-7-2-3-8(9)6(4-7)5-10/h2-4,11H,1H3. The van der Waals surface area contributed by atoms with Gasteiger partial charge in [0.25, 0.3) is 0 Å².